The zero-order valence-corrected chi connectivity index (χ0v) is 14.3. The Morgan fingerprint density at radius 1 is 0.960 bits per heavy atom. The highest BCUT2D eigenvalue weighted by Crippen LogP contribution is 2.31. The predicted molar refractivity (Wildman–Crippen MR) is 101 cm³/mol. The van der Waals surface area contributed by atoms with E-state index in [0.29, 0.717) is 28.3 Å². The molecule has 4 heteroatoms. The molecule has 0 bridgehead atoms. The summed E-state index contributed by atoms with van der Waals surface area (Å²) in [5.41, 5.74) is 2.01. The van der Waals surface area contributed by atoms with E-state index >= 15 is 0 Å². The van der Waals surface area contributed by atoms with Gasteiger partial charge in [0.1, 0.15) is 17.9 Å². The largest absolute Gasteiger partial charge is 0.488 e. The van der Waals surface area contributed by atoms with Crippen molar-refractivity contribution in [2.75, 3.05) is 0 Å². The lowest BCUT2D eigenvalue weighted by atomic mass is 10.0. The van der Waals surface area contributed by atoms with E-state index in [1.807, 2.05) is 61.5 Å². The summed E-state index contributed by atoms with van der Waals surface area (Å²) in [6, 6.07) is 18.8. The van der Waals surface area contributed by atoms with Crippen LogP contribution in [0.1, 0.15) is 11.1 Å². The number of hydrogen-bond acceptors (Lipinski definition) is 3. The lowest BCUT2D eigenvalue weighted by Crippen LogP contribution is -2.02. The minimum Gasteiger partial charge on any atom is -0.488 e. The molecule has 25 heavy (non-hydrogen) atoms. The van der Waals surface area contributed by atoms with Crippen LogP contribution in [0.3, 0.4) is 0 Å². The maximum absolute atomic E-state index is 12.3. The van der Waals surface area contributed by atoms with Crippen molar-refractivity contribution in [1.82, 2.24) is 0 Å². The highest BCUT2D eigenvalue weighted by molar-refractivity contribution is 6.30. The molecule has 0 aliphatic carbocycles. The molecule has 0 aliphatic rings. The molecule has 3 nitrogen and oxygen atoms in total. The van der Waals surface area contributed by atoms with Crippen molar-refractivity contribution in [3.05, 3.63) is 87.2 Å². The van der Waals surface area contributed by atoms with Crippen LogP contribution in [0.25, 0.3) is 21.7 Å². The van der Waals surface area contributed by atoms with Crippen molar-refractivity contribution in [1.29, 1.82) is 0 Å². The maximum Gasteiger partial charge on any atom is 0.344 e. The van der Waals surface area contributed by atoms with Crippen molar-refractivity contribution < 1.29 is 9.15 Å². The minimum absolute atomic E-state index is 0.335. The molecule has 4 aromatic rings. The molecule has 124 valence electrons. The molecule has 1 heterocycles. The second-order valence-electron chi connectivity index (χ2n) is 5.92. The van der Waals surface area contributed by atoms with Crippen LogP contribution in [0.15, 0.2) is 69.9 Å². The van der Waals surface area contributed by atoms with Crippen LogP contribution in [-0.4, -0.2) is 0 Å². The minimum atomic E-state index is -0.335. The molecule has 1 aromatic heterocycles. The van der Waals surface area contributed by atoms with Gasteiger partial charge in [-0.15, -0.1) is 0 Å². The highest BCUT2D eigenvalue weighted by atomic mass is 35.5. The molecule has 0 spiro atoms. The van der Waals surface area contributed by atoms with Crippen LogP contribution >= 0.6 is 11.6 Å². The molecule has 0 fully saturated rings. The lowest BCUT2D eigenvalue weighted by molar-refractivity contribution is 0.304. The number of benzene rings is 3. The first-order valence-electron chi connectivity index (χ1n) is 7.96. The van der Waals surface area contributed by atoms with Gasteiger partial charge in [0.2, 0.25) is 0 Å². The van der Waals surface area contributed by atoms with Crippen molar-refractivity contribution >= 4 is 33.3 Å². The number of aryl methyl sites for hydroxylation is 1. The van der Waals surface area contributed by atoms with Crippen molar-refractivity contribution in [3.63, 3.8) is 0 Å². The topological polar surface area (TPSA) is 39.4 Å². The quantitative estimate of drug-likeness (QED) is 0.362. The van der Waals surface area contributed by atoms with Crippen LogP contribution in [0.2, 0.25) is 5.02 Å². The summed E-state index contributed by atoms with van der Waals surface area (Å²) in [5, 5.41) is 3.05. The molecule has 0 aliphatic heterocycles. The first-order chi connectivity index (χ1) is 12.1. The molecule has 0 radical (unpaired) electrons. The van der Waals surface area contributed by atoms with Crippen molar-refractivity contribution in [2.24, 2.45) is 0 Å². The number of rotatable bonds is 3. The number of ether oxygens (including phenoxy) is 1. The third kappa shape index (κ3) is 2.87. The molecule has 0 atom stereocenters. The molecule has 3 aromatic carbocycles. The lowest BCUT2D eigenvalue weighted by Gasteiger charge is -2.12. The Balaban J connectivity index is 1.77. The zero-order chi connectivity index (χ0) is 17.4. The van der Waals surface area contributed by atoms with Gasteiger partial charge in [-0.25, -0.2) is 4.79 Å². The fraction of sp³-hybridized carbons (Fsp3) is 0.0952. The highest BCUT2D eigenvalue weighted by Gasteiger charge is 2.12. The summed E-state index contributed by atoms with van der Waals surface area (Å²) in [7, 11) is 0. The molecule has 0 saturated carbocycles. The van der Waals surface area contributed by atoms with Crippen LogP contribution in [0.5, 0.6) is 5.75 Å². The third-order valence-corrected chi connectivity index (χ3v) is 4.51. The Kier molecular flexibility index (Phi) is 3.94. The van der Waals surface area contributed by atoms with Gasteiger partial charge >= 0.3 is 5.63 Å². The SMILES string of the molecule is Cc1c(OCc2cccc(Cl)c2)ccc2c1oc(=O)c1ccccc12. The summed E-state index contributed by atoms with van der Waals surface area (Å²) in [4.78, 5) is 12.3. The van der Waals surface area contributed by atoms with Gasteiger partial charge in [-0.2, -0.15) is 0 Å². The fourth-order valence-corrected chi connectivity index (χ4v) is 3.22. The molecule has 4 rings (SSSR count). The Bertz CT molecular complexity index is 1140. The summed E-state index contributed by atoms with van der Waals surface area (Å²) < 4.78 is 11.5. The van der Waals surface area contributed by atoms with Crippen molar-refractivity contribution in [3.8, 4) is 5.75 Å². The third-order valence-electron chi connectivity index (χ3n) is 4.27. The molecule has 0 N–H and O–H groups in total. The maximum atomic E-state index is 12.3. The predicted octanol–water partition coefficient (Wildman–Crippen LogP) is 5.49. The van der Waals surface area contributed by atoms with Gasteiger partial charge in [0, 0.05) is 16.0 Å². The Labute approximate surface area is 149 Å². The molecule has 0 unspecified atom stereocenters. The van der Waals surface area contributed by atoms with Crippen LogP contribution < -0.4 is 10.4 Å². The first-order valence-corrected chi connectivity index (χ1v) is 8.34. The summed E-state index contributed by atoms with van der Waals surface area (Å²) in [6.07, 6.45) is 0. The Morgan fingerprint density at radius 2 is 1.76 bits per heavy atom. The standard InChI is InChI=1S/C21H15ClO3/c1-13-19(24-12-14-5-4-6-15(22)11-14)10-9-17-16-7-2-3-8-18(16)21(23)25-20(13)17/h2-11H,12H2,1H3. The van der Waals surface area contributed by atoms with Crippen molar-refractivity contribution in [2.45, 2.75) is 13.5 Å². The summed E-state index contributed by atoms with van der Waals surface area (Å²) >= 11 is 6.00. The Morgan fingerprint density at radius 3 is 2.56 bits per heavy atom. The number of fused-ring (bicyclic) bond motifs is 3. The number of hydrogen-bond donors (Lipinski definition) is 0. The van der Waals surface area contributed by atoms with E-state index < -0.39 is 0 Å². The van der Waals surface area contributed by atoms with E-state index in [1.165, 1.54) is 0 Å². The monoisotopic (exact) mass is 350 g/mol. The van der Waals surface area contributed by atoms with Gasteiger partial charge in [-0.05, 0) is 48.2 Å². The van der Waals surface area contributed by atoms with E-state index in [0.717, 1.165) is 21.9 Å². The normalized spacial score (nSPS) is 11.1. The summed E-state index contributed by atoms with van der Waals surface area (Å²) in [5.74, 6) is 0.686. The molecule has 0 saturated heterocycles. The Hall–Kier alpha value is -2.78. The van der Waals surface area contributed by atoms with Gasteiger partial charge in [-0.1, -0.05) is 41.9 Å². The molecule has 0 amide bonds. The number of halogens is 1. The average molecular weight is 351 g/mol. The second kappa shape index (κ2) is 6.26. The average Bonchev–Trinajstić information content (AvgIpc) is 2.62. The van der Waals surface area contributed by atoms with Crippen LogP contribution in [0, 0.1) is 6.92 Å². The first kappa shape index (κ1) is 15.7. The fourth-order valence-electron chi connectivity index (χ4n) is 3.01. The molecular weight excluding hydrogens is 336 g/mol. The van der Waals surface area contributed by atoms with E-state index in [-0.39, 0.29) is 5.63 Å². The van der Waals surface area contributed by atoms with Gasteiger partial charge in [-0.3, -0.25) is 0 Å². The van der Waals surface area contributed by atoms with Gasteiger partial charge in [0.15, 0.2) is 0 Å². The van der Waals surface area contributed by atoms with E-state index in [1.54, 1.807) is 6.07 Å². The van der Waals surface area contributed by atoms with Crippen LogP contribution in [-0.2, 0) is 6.61 Å². The van der Waals surface area contributed by atoms with E-state index in [2.05, 4.69) is 0 Å². The smallest absolute Gasteiger partial charge is 0.344 e. The second-order valence-corrected chi connectivity index (χ2v) is 6.36. The van der Waals surface area contributed by atoms with E-state index in [9.17, 15) is 4.79 Å². The summed E-state index contributed by atoms with van der Waals surface area (Å²) in [6.45, 7) is 2.29. The van der Waals surface area contributed by atoms with E-state index in [4.69, 9.17) is 20.8 Å². The van der Waals surface area contributed by atoms with Gasteiger partial charge in [0.05, 0.1) is 5.39 Å². The van der Waals surface area contributed by atoms with Gasteiger partial charge < -0.3 is 9.15 Å². The molecular formula is C21H15ClO3. The van der Waals surface area contributed by atoms with Crippen LogP contribution in [0.4, 0.5) is 0 Å². The zero-order valence-electron chi connectivity index (χ0n) is 13.6. The van der Waals surface area contributed by atoms with Gasteiger partial charge in [0.25, 0.3) is 0 Å².